The summed E-state index contributed by atoms with van der Waals surface area (Å²) in [6.07, 6.45) is 15.9. The Morgan fingerprint density at radius 2 is 1.53 bits per heavy atom. The maximum absolute atomic E-state index is 5.78. The second kappa shape index (κ2) is 13.6. The zero-order chi connectivity index (χ0) is 25.8. The topological polar surface area (TPSA) is 0 Å². The van der Waals surface area contributed by atoms with E-state index >= 15 is 0 Å². The number of rotatable bonds is 7. The molecular weight excluding hydrogens is 432 g/mol. The molecule has 0 saturated carbocycles. The highest BCUT2D eigenvalue weighted by atomic mass is 14.0. The monoisotopic (exact) mass is 466 g/mol. The summed E-state index contributed by atoms with van der Waals surface area (Å²) in [5, 5.41) is 2.31. The van der Waals surface area contributed by atoms with Crippen molar-refractivity contribution in [2.75, 3.05) is 0 Å². The van der Waals surface area contributed by atoms with E-state index in [0.29, 0.717) is 5.57 Å². The molecule has 0 heterocycles. The van der Waals surface area contributed by atoms with Crippen LogP contribution in [0.3, 0.4) is 0 Å². The van der Waals surface area contributed by atoms with Gasteiger partial charge in [0.05, 0.1) is 5.57 Å². The molecule has 0 aliphatic carbocycles. The van der Waals surface area contributed by atoms with Crippen molar-refractivity contribution >= 4 is 16.8 Å². The summed E-state index contributed by atoms with van der Waals surface area (Å²) in [5.41, 5.74) is 7.01. The van der Waals surface area contributed by atoms with Crippen molar-refractivity contribution in [3.05, 3.63) is 112 Å². The SMILES string of the molecule is C#CC(C#Cc1ccc2cc(C=C)ccc2c1)=C(C)C=C(C)C#Cc1ccc(CCCCCC)cc1. The molecule has 0 bridgehead atoms. The molecule has 36 heavy (non-hydrogen) atoms. The maximum atomic E-state index is 5.78. The summed E-state index contributed by atoms with van der Waals surface area (Å²) in [4.78, 5) is 0. The maximum Gasteiger partial charge on any atom is 0.0774 e. The number of hydrogen-bond acceptors (Lipinski definition) is 0. The third-order valence-electron chi connectivity index (χ3n) is 6.08. The molecule has 0 N–H and O–H groups in total. The Kier molecular flexibility index (Phi) is 10.0. The van der Waals surface area contributed by atoms with Gasteiger partial charge in [-0.25, -0.2) is 0 Å². The van der Waals surface area contributed by atoms with E-state index in [1.807, 2.05) is 32.1 Å². The van der Waals surface area contributed by atoms with E-state index in [1.165, 1.54) is 36.6 Å². The third kappa shape index (κ3) is 7.95. The lowest BCUT2D eigenvalue weighted by Gasteiger charge is -2.01. The molecule has 0 fully saturated rings. The van der Waals surface area contributed by atoms with Crippen molar-refractivity contribution in [3.63, 3.8) is 0 Å². The number of benzene rings is 3. The predicted octanol–water partition coefficient (Wildman–Crippen LogP) is 8.90. The fraction of sp³-hybridized carbons (Fsp3) is 0.222. The molecule has 3 aromatic rings. The van der Waals surface area contributed by atoms with Crippen LogP contribution in [0.5, 0.6) is 0 Å². The van der Waals surface area contributed by atoms with Crippen LogP contribution in [0.25, 0.3) is 16.8 Å². The van der Waals surface area contributed by atoms with Gasteiger partial charge in [-0.05, 0) is 96.1 Å². The molecule has 0 heteroatoms. The second-order valence-corrected chi connectivity index (χ2v) is 9.06. The summed E-state index contributed by atoms with van der Waals surface area (Å²) in [6, 6.07) is 21.1. The van der Waals surface area contributed by atoms with Gasteiger partial charge in [-0.15, -0.1) is 6.42 Å². The molecule has 0 nitrogen and oxygen atoms in total. The van der Waals surface area contributed by atoms with Crippen LogP contribution in [0.4, 0.5) is 0 Å². The first kappa shape index (κ1) is 26.4. The highest BCUT2D eigenvalue weighted by molar-refractivity contribution is 5.86. The van der Waals surface area contributed by atoms with Crippen LogP contribution in [0.15, 0.2) is 90.0 Å². The molecule has 0 aliphatic rings. The average molecular weight is 467 g/mol. The lowest BCUT2D eigenvalue weighted by Crippen LogP contribution is -1.86. The zero-order valence-corrected chi connectivity index (χ0v) is 21.7. The van der Waals surface area contributed by atoms with Crippen LogP contribution in [0.1, 0.15) is 68.7 Å². The van der Waals surface area contributed by atoms with Crippen LogP contribution in [-0.2, 0) is 6.42 Å². The quantitative estimate of drug-likeness (QED) is 0.185. The van der Waals surface area contributed by atoms with Crippen molar-refractivity contribution in [2.45, 2.75) is 52.9 Å². The molecule has 0 spiro atoms. The van der Waals surface area contributed by atoms with E-state index < -0.39 is 0 Å². The Labute approximate surface area is 217 Å². The Morgan fingerprint density at radius 1 is 0.833 bits per heavy atom. The number of hydrogen-bond donors (Lipinski definition) is 0. The highest BCUT2D eigenvalue weighted by Crippen LogP contribution is 2.18. The fourth-order valence-corrected chi connectivity index (χ4v) is 3.97. The Bertz CT molecular complexity index is 1440. The van der Waals surface area contributed by atoms with Crippen molar-refractivity contribution in [1.82, 2.24) is 0 Å². The molecule has 0 aromatic heterocycles. The van der Waals surface area contributed by atoms with E-state index in [9.17, 15) is 0 Å². The summed E-state index contributed by atoms with van der Waals surface area (Å²) >= 11 is 0. The highest BCUT2D eigenvalue weighted by Gasteiger charge is 1.98. The van der Waals surface area contributed by atoms with Gasteiger partial charge in [0, 0.05) is 11.1 Å². The van der Waals surface area contributed by atoms with Crippen molar-refractivity contribution in [1.29, 1.82) is 0 Å². The van der Waals surface area contributed by atoms with Crippen molar-refractivity contribution in [2.24, 2.45) is 0 Å². The van der Waals surface area contributed by atoms with Gasteiger partial charge in [-0.1, -0.05) is 98.8 Å². The first-order valence-corrected chi connectivity index (χ1v) is 12.7. The summed E-state index contributed by atoms with van der Waals surface area (Å²) in [5.74, 6) is 15.6. The molecule has 0 saturated heterocycles. The molecule has 0 atom stereocenters. The summed E-state index contributed by atoms with van der Waals surface area (Å²) in [6.45, 7) is 10.1. The third-order valence-corrected chi connectivity index (χ3v) is 6.08. The van der Waals surface area contributed by atoms with Crippen LogP contribution in [-0.4, -0.2) is 0 Å². The first-order chi connectivity index (χ1) is 17.5. The van der Waals surface area contributed by atoms with Gasteiger partial charge in [0.1, 0.15) is 0 Å². The number of allylic oxidation sites excluding steroid dienone is 4. The minimum Gasteiger partial charge on any atom is -0.114 e. The standard InChI is InChI=1S/C36H34/c1-6-9-10-11-12-31-15-17-32(18-16-31)14-13-28(4)25-29(5)34(8-3)22-20-33-21-24-35-26-30(7-2)19-23-36(35)27-33/h3,7,15-19,21,23-27H,2,6,9-12H2,1,4-5H3. The average Bonchev–Trinajstić information content (AvgIpc) is 2.90. The van der Waals surface area contributed by atoms with Crippen molar-refractivity contribution in [3.8, 4) is 36.0 Å². The Morgan fingerprint density at radius 3 is 2.25 bits per heavy atom. The van der Waals surface area contributed by atoms with E-state index in [1.54, 1.807) is 0 Å². The molecule has 0 radical (unpaired) electrons. The lowest BCUT2D eigenvalue weighted by molar-refractivity contribution is 0.667. The van der Waals surface area contributed by atoms with Gasteiger partial charge in [0.25, 0.3) is 0 Å². The molecule has 0 aliphatic heterocycles. The summed E-state index contributed by atoms with van der Waals surface area (Å²) in [7, 11) is 0. The minimum absolute atomic E-state index is 0.672. The molecule has 3 aromatic carbocycles. The lowest BCUT2D eigenvalue weighted by atomic mass is 10.0. The van der Waals surface area contributed by atoms with E-state index in [0.717, 1.165) is 39.6 Å². The molecule has 0 unspecified atom stereocenters. The van der Waals surface area contributed by atoms with Gasteiger partial charge < -0.3 is 0 Å². The van der Waals surface area contributed by atoms with Gasteiger partial charge in [0.15, 0.2) is 0 Å². The minimum atomic E-state index is 0.672. The zero-order valence-electron chi connectivity index (χ0n) is 21.7. The smallest absolute Gasteiger partial charge is 0.0774 e. The summed E-state index contributed by atoms with van der Waals surface area (Å²) < 4.78 is 0. The van der Waals surface area contributed by atoms with Gasteiger partial charge >= 0.3 is 0 Å². The fourth-order valence-electron chi connectivity index (χ4n) is 3.97. The molecule has 3 rings (SSSR count). The van der Waals surface area contributed by atoms with E-state index in [-0.39, 0.29) is 0 Å². The molecular formula is C36H34. The van der Waals surface area contributed by atoms with Crippen LogP contribution >= 0.6 is 0 Å². The number of fused-ring (bicyclic) bond motifs is 1. The van der Waals surface area contributed by atoms with E-state index in [2.05, 4.69) is 97.7 Å². The van der Waals surface area contributed by atoms with Crippen LogP contribution in [0, 0.1) is 36.0 Å². The van der Waals surface area contributed by atoms with Crippen molar-refractivity contribution < 1.29 is 0 Å². The second-order valence-electron chi connectivity index (χ2n) is 9.06. The number of aryl methyl sites for hydroxylation is 1. The molecule has 0 amide bonds. The normalized spacial score (nSPS) is 11.4. The van der Waals surface area contributed by atoms with Gasteiger partial charge in [0.2, 0.25) is 0 Å². The van der Waals surface area contributed by atoms with Gasteiger partial charge in [-0.3, -0.25) is 0 Å². The van der Waals surface area contributed by atoms with Crippen LogP contribution in [0.2, 0.25) is 0 Å². The van der Waals surface area contributed by atoms with Gasteiger partial charge in [-0.2, -0.15) is 0 Å². The Hall–Kier alpha value is -4.18. The van der Waals surface area contributed by atoms with E-state index in [4.69, 9.17) is 6.42 Å². The first-order valence-electron chi connectivity index (χ1n) is 12.7. The Balaban J connectivity index is 1.71. The predicted molar refractivity (Wildman–Crippen MR) is 157 cm³/mol. The number of unbranched alkanes of at least 4 members (excludes halogenated alkanes) is 3. The number of terminal acetylenes is 1. The largest absolute Gasteiger partial charge is 0.114 e. The van der Waals surface area contributed by atoms with Crippen LogP contribution < -0.4 is 0 Å². The molecule has 178 valence electrons.